The van der Waals surface area contributed by atoms with Gasteiger partial charge < -0.3 is 0 Å². The standard InChI is InChI=1S/C15H24.C3H4S2/c1-2-3-4-5-6-7-9-12-15-13-10-8-11-14-15;1-2-4-5-3-1/h8,10-11,13-14H,2-7,9,12H2,1H3;1-2H,3H2. The van der Waals surface area contributed by atoms with Gasteiger partial charge in [0.15, 0.2) is 0 Å². The summed E-state index contributed by atoms with van der Waals surface area (Å²) in [5.41, 5.74) is 1.49. The van der Waals surface area contributed by atoms with E-state index in [9.17, 15) is 0 Å². The molecule has 0 bridgehead atoms. The first-order chi connectivity index (χ1) is 9.93. The lowest BCUT2D eigenvalue weighted by molar-refractivity contribution is 0.589. The lowest BCUT2D eigenvalue weighted by atomic mass is 10.0. The maximum absolute atomic E-state index is 2.27. The van der Waals surface area contributed by atoms with Crippen LogP contribution in [-0.4, -0.2) is 5.75 Å². The van der Waals surface area contributed by atoms with Crippen LogP contribution < -0.4 is 0 Å². The fraction of sp³-hybridized carbons (Fsp3) is 0.556. The zero-order valence-electron chi connectivity index (χ0n) is 12.7. The number of aryl methyl sites for hydroxylation is 1. The first-order valence-electron chi connectivity index (χ1n) is 7.90. The highest BCUT2D eigenvalue weighted by Crippen LogP contribution is 2.27. The van der Waals surface area contributed by atoms with Gasteiger partial charge >= 0.3 is 0 Å². The van der Waals surface area contributed by atoms with Crippen molar-refractivity contribution in [2.24, 2.45) is 0 Å². The van der Waals surface area contributed by atoms with Crippen molar-refractivity contribution in [3.63, 3.8) is 0 Å². The fourth-order valence-corrected chi connectivity index (χ4v) is 3.70. The highest BCUT2D eigenvalue weighted by Gasteiger charge is 1.93. The quantitative estimate of drug-likeness (QED) is 0.379. The van der Waals surface area contributed by atoms with Crippen LogP contribution in [0, 0.1) is 0 Å². The van der Waals surface area contributed by atoms with Crippen molar-refractivity contribution in [3.8, 4) is 0 Å². The average Bonchev–Trinajstić information content (AvgIpc) is 3.07. The molecule has 0 N–H and O–H groups in total. The van der Waals surface area contributed by atoms with Gasteiger partial charge in [0.2, 0.25) is 0 Å². The van der Waals surface area contributed by atoms with Crippen molar-refractivity contribution in [1.29, 1.82) is 0 Å². The van der Waals surface area contributed by atoms with Gasteiger partial charge in [0.1, 0.15) is 0 Å². The lowest BCUT2D eigenvalue weighted by Crippen LogP contribution is -1.85. The Morgan fingerprint density at radius 3 is 2.15 bits per heavy atom. The molecule has 20 heavy (non-hydrogen) atoms. The maximum atomic E-state index is 2.27. The Balaban J connectivity index is 0.000000333. The second-order valence-corrected chi connectivity index (χ2v) is 7.43. The molecule has 0 aromatic heterocycles. The zero-order chi connectivity index (χ0) is 14.3. The number of unbranched alkanes of at least 4 members (excludes halogenated alkanes) is 6. The van der Waals surface area contributed by atoms with Crippen LogP contribution in [0.3, 0.4) is 0 Å². The van der Waals surface area contributed by atoms with E-state index in [-0.39, 0.29) is 0 Å². The average molecular weight is 309 g/mol. The molecule has 1 aromatic carbocycles. The summed E-state index contributed by atoms with van der Waals surface area (Å²) < 4.78 is 0. The molecule has 0 saturated carbocycles. The highest BCUT2D eigenvalue weighted by molar-refractivity contribution is 8.78. The number of benzene rings is 1. The summed E-state index contributed by atoms with van der Waals surface area (Å²) in [6.45, 7) is 2.27. The molecule has 1 aliphatic rings. The summed E-state index contributed by atoms with van der Waals surface area (Å²) in [5, 5.41) is 2.12. The van der Waals surface area contributed by atoms with Crippen molar-refractivity contribution in [2.45, 2.75) is 58.3 Å². The van der Waals surface area contributed by atoms with Crippen molar-refractivity contribution in [1.82, 2.24) is 0 Å². The molecule has 0 fully saturated rings. The molecule has 2 rings (SSSR count). The van der Waals surface area contributed by atoms with Gasteiger partial charge in [0, 0.05) is 5.75 Å². The Kier molecular flexibility index (Phi) is 12.1. The smallest absolute Gasteiger partial charge is 0.0229 e. The van der Waals surface area contributed by atoms with E-state index in [0.717, 1.165) is 0 Å². The third-order valence-corrected chi connectivity index (χ3v) is 5.21. The van der Waals surface area contributed by atoms with E-state index in [1.54, 1.807) is 0 Å². The lowest BCUT2D eigenvalue weighted by Gasteiger charge is -2.01. The predicted molar refractivity (Wildman–Crippen MR) is 97.3 cm³/mol. The normalized spacial score (nSPS) is 13.1. The third kappa shape index (κ3) is 10.4. The molecule has 2 heteroatoms. The van der Waals surface area contributed by atoms with Gasteiger partial charge in [0.25, 0.3) is 0 Å². The number of rotatable bonds is 8. The summed E-state index contributed by atoms with van der Waals surface area (Å²) in [7, 11) is 3.69. The van der Waals surface area contributed by atoms with Gasteiger partial charge in [-0.05, 0) is 23.8 Å². The van der Waals surface area contributed by atoms with E-state index in [4.69, 9.17) is 0 Å². The topological polar surface area (TPSA) is 0 Å². The molecular formula is C18H28S2. The van der Waals surface area contributed by atoms with Crippen LogP contribution in [0.1, 0.15) is 57.4 Å². The van der Waals surface area contributed by atoms with Crippen LogP contribution in [-0.2, 0) is 6.42 Å². The monoisotopic (exact) mass is 308 g/mol. The highest BCUT2D eigenvalue weighted by atomic mass is 33.1. The molecule has 0 atom stereocenters. The Labute approximate surface area is 133 Å². The van der Waals surface area contributed by atoms with Crippen LogP contribution in [0.5, 0.6) is 0 Å². The van der Waals surface area contributed by atoms with E-state index in [0.29, 0.717) is 0 Å². The van der Waals surface area contributed by atoms with Crippen LogP contribution in [0.2, 0.25) is 0 Å². The van der Waals surface area contributed by atoms with E-state index in [1.807, 2.05) is 21.6 Å². The Morgan fingerprint density at radius 1 is 0.900 bits per heavy atom. The Morgan fingerprint density at radius 2 is 1.60 bits per heavy atom. The molecule has 0 unspecified atom stereocenters. The van der Waals surface area contributed by atoms with Crippen molar-refractivity contribution >= 4 is 21.6 Å². The van der Waals surface area contributed by atoms with Gasteiger partial charge in [0.05, 0.1) is 0 Å². The summed E-state index contributed by atoms with van der Waals surface area (Å²) >= 11 is 0. The van der Waals surface area contributed by atoms with E-state index < -0.39 is 0 Å². The van der Waals surface area contributed by atoms with E-state index in [2.05, 4.69) is 48.7 Å². The van der Waals surface area contributed by atoms with Gasteiger partial charge in [-0.15, -0.1) is 0 Å². The van der Waals surface area contributed by atoms with Crippen molar-refractivity contribution in [2.75, 3.05) is 5.75 Å². The van der Waals surface area contributed by atoms with Gasteiger partial charge in [-0.3, -0.25) is 0 Å². The van der Waals surface area contributed by atoms with Crippen molar-refractivity contribution < 1.29 is 0 Å². The minimum atomic E-state index is 1.20. The van der Waals surface area contributed by atoms with Gasteiger partial charge in [-0.2, -0.15) is 0 Å². The molecule has 1 aromatic rings. The second kappa shape index (κ2) is 13.6. The Hall–Kier alpha value is -0.340. The summed E-state index contributed by atoms with van der Waals surface area (Å²) in [6.07, 6.45) is 13.2. The maximum Gasteiger partial charge on any atom is 0.0229 e. The first kappa shape index (κ1) is 17.7. The minimum absolute atomic E-state index is 1.20. The van der Waals surface area contributed by atoms with Crippen molar-refractivity contribution in [3.05, 3.63) is 47.4 Å². The molecule has 1 aliphatic heterocycles. The third-order valence-electron chi connectivity index (χ3n) is 3.30. The molecule has 112 valence electrons. The van der Waals surface area contributed by atoms with Crippen LogP contribution >= 0.6 is 21.6 Å². The molecule has 0 radical (unpaired) electrons. The predicted octanol–water partition coefficient (Wildman–Crippen LogP) is 6.87. The number of hydrogen-bond acceptors (Lipinski definition) is 2. The van der Waals surface area contributed by atoms with Crippen LogP contribution in [0.4, 0.5) is 0 Å². The molecule has 0 saturated heterocycles. The molecule has 0 aliphatic carbocycles. The fourth-order valence-electron chi connectivity index (χ4n) is 2.13. The first-order valence-corrected chi connectivity index (χ1v) is 10.3. The zero-order valence-corrected chi connectivity index (χ0v) is 14.4. The summed E-state index contributed by atoms with van der Waals surface area (Å²) in [6, 6.07) is 10.8. The van der Waals surface area contributed by atoms with Crippen LogP contribution in [0.25, 0.3) is 0 Å². The largest absolute Gasteiger partial charge is 0.0854 e. The molecule has 0 spiro atoms. The Bertz CT molecular complexity index is 327. The SMILES string of the molecule is C1=CSSC1.CCCCCCCCCc1ccccc1. The molecular weight excluding hydrogens is 280 g/mol. The van der Waals surface area contributed by atoms with Crippen LogP contribution in [0.15, 0.2) is 41.8 Å². The number of hydrogen-bond donors (Lipinski definition) is 0. The van der Waals surface area contributed by atoms with Gasteiger partial charge in [-0.25, -0.2) is 0 Å². The molecule has 0 amide bonds. The van der Waals surface area contributed by atoms with E-state index in [1.165, 1.54) is 62.7 Å². The summed E-state index contributed by atoms with van der Waals surface area (Å²) in [4.78, 5) is 0. The summed E-state index contributed by atoms with van der Waals surface area (Å²) in [5.74, 6) is 1.20. The van der Waals surface area contributed by atoms with Gasteiger partial charge in [-0.1, -0.05) is 103 Å². The minimum Gasteiger partial charge on any atom is -0.0854 e. The van der Waals surface area contributed by atoms with E-state index >= 15 is 0 Å². The second-order valence-electron chi connectivity index (χ2n) is 5.11. The molecule has 0 nitrogen and oxygen atoms in total. The molecule has 1 heterocycles.